The molecule has 2 aromatic rings. The first-order valence-corrected chi connectivity index (χ1v) is 7.81. The molecule has 0 bridgehead atoms. The van der Waals surface area contributed by atoms with Crippen molar-refractivity contribution in [3.05, 3.63) is 24.2 Å². The third-order valence-corrected chi connectivity index (χ3v) is 3.53. The highest BCUT2D eigenvalue weighted by Crippen LogP contribution is 2.41. The third kappa shape index (κ3) is 3.57. The van der Waals surface area contributed by atoms with Gasteiger partial charge in [0.15, 0.2) is 5.69 Å². The Labute approximate surface area is 120 Å². The monoisotopic (exact) mass is 314 g/mol. The molecule has 1 unspecified atom stereocenters. The van der Waals surface area contributed by atoms with Crippen LogP contribution in [0.5, 0.6) is 0 Å². The number of ether oxygens (including phenoxy) is 1. The zero-order valence-electron chi connectivity index (χ0n) is 11.5. The molecular formula is C11H15N4O5P. The average molecular weight is 314 g/mol. The highest BCUT2D eigenvalue weighted by molar-refractivity contribution is 7.54. The number of carbonyl (C=O) groups is 1. The van der Waals surface area contributed by atoms with Crippen LogP contribution in [-0.4, -0.2) is 38.4 Å². The minimum Gasteiger partial charge on any atom is -0.461 e. The summed E-state index contributed by atoms with van der Waals surface area (Å²) in [4.78, 5) is 29.2. The van der Waals surface area contributed by atoms with Crippen LogP contribution in [0.15, 0.2) is 18.5 Å². The number of hydrogen-bond donors (Lipinski definition) is 2. The van der Waals surface area contributed by atoms with Crippen LogP contribution in [0.25, 0.3) is 5.78 Å². The summed E-state index contributed by atoms with van der Waals surface area (Å²) in [7, 11) is -3.99. The molecule has 9 nitrogen and oxygen atoms in total. The molecule has 114 valence electrons. The maximum atomic E-state index is 11.7. The van der Waals surface area contributed by atoms with Gasteiger partial charge in [0.05, 0.1) is 13.2 Å². The zero-order chi connectivity index (χ0) is 15.5. The minimum atomic E-state index is -3.99. The fourth-order valence-electron chi connectivity index (χ4n) is 1.64. The molecule has 0 spiro atoms. The number of esters is 1. The maximum Gasteiger partial charge on any atom is 0.431 e. The van der Waals surface area contributed by atoms with Gasteiger partial charge in [0.1, 0.15) is 5.82 Å². The summed E-state index contributed by atoms with van der Waals surface area (Å²) in [6, 6.07) is 1.46. The summed E-state index contributed by atoms with van der Waals surface area (Å²) in [6.07, 6.45) is 2.76. The van der Waals surface area contributed by atoms with Crippen molar-refractivity contribution < 1.29 is 23.5 Å². The van der Waals surface area contributed by atoms with E-state index < -0.39 is 13.7 Å². The summed E-state index contributed by atoms with van der Waals surface area (Å²) in [5.41, 5.74) is 0.0581. The fourth-order valence-corrected chi connectivity index (χ4v) is 2.53. The largest absolute Gasteiger partial charge is 0.461 e. The van der Waals surface area contributed by atoms with E-state index >= 15 is 0 Å². The van der Waals surface area contributed by atoms with Crippen LogP contribution in [0, 0.1) is 0 Å². The smallest absolute Gasteiger partial charge is 0.431 e. The number of imidazole rings is 1. The molecule has 0 aliphatic heterocycles. The number of fused-ring (bicyclic) bond motifs is 1. The first kappa shape index (κ1) is 15.4. The second-order valence-electron chi connectivity index (χ2n) is 3.90. The van der Waals surface area contributed by atoms with Gasteiger partial charge in [-0.05, 0) is 19.9 Å². The van der Waals surface area contributed by atoms with Gasteiger partial charge < -0.3 is 9.63 Å². The molecule has 0 radical (unpaired) electrons. The lowest BCUT2D eigenvalue weighted by atomic mass is 10.5. The van der Waals surface area contributed by atoms with Crippen molar-refractivity contribution in [1.29, 1.82) is 0 Å². The van der Waals surface area contributed by atoms with Crippen molar-refractivity contribution in [3.8, 4) is 0 Å². The Hall–Kier alpha value is -1.96. The summed E-state index contributed by atoms with van der Waals surface area (Å²) < 4.78 is 22.7. The quantitative estimate of drug-likeness (QED) is 0.608. The Morgan fingerprint density at radius 1 is 1.48 bits per heavy atom. The van der Waals surface area contributed by atoms with Gasteiger partial charge in [-0.2, -0.15) is 0 Å². The van der Waals surface area contributed by atoms with E-state index in [-0.39, 0.29) is 30.5 Å². The SMILES string of the molecule is CCOC(=O)c1cn2c(NP(=O)(O)OCC)ccnc2n1. The van der Waals surface area contributed by atoms with E-state index in [4.69, 9.17) is 9.26 Å². The molecule has 0 aliphatic carbocycles. The van der Waals surface area contributed by atoms with Crippen molar-refractivity contribution in [1.82, 2.24) is 14.4 Å². The Morgan fingerprint density at radius 3 is 2.90 bits per heavy atom. The van der Waals surface area contributed by atoms with Gasteiger partial charge in [0.2, 0.25) is 5.78 Å². The van der Waals surface area contributed by atoms with Gasteiger partial charge >= 0.3 is 13.7 Å². The van der Waals surface area contributed by atoms with Crippen LogP contribution in [0.3, 0.4) is 0 Å². The number of aromatic nitrogens is 3. The molecule has 10 heteroatoms. The number of nitrogens with one attached hydrogen (secondary N) is 1. The van der Waals surface area contributed by atoms with E-state index in [1.165, 1.54) is 22.9 Å². The molecule has 0 aliphatic rings. The van der Waals surface area contributed by atoms with E-state index in [0.717, 1.165) is 0 Å². The normalized spacial score (nSPS) is 13.9. The maximum absolute atomic E-state index is 11.7. The molecule has 21 heavy (non-hydrogen) atoms. The van der Waals surface area contributed by atoms with Crippen LogP contribution in [0.2, 0.25) is 0 Å². The van der Waals surface area contributed by atoms with E-state index in [1.54, 1.807) is 13.8 Å². The standard InChI is InChI=1S/C11H15N4O5P/c1-3-19-10(16)8-7-15-9(5-6-12-11(15)13-8)14-21(17,18)20-4-2/h5-7H,3-4H2,1-2H3,(H2,14,17,18). The molecule has 2 N–H and O–H groups in total. The number of anilines is 1. The van der Waals surface area contributed by atoms with Crippen LogP contribution in [0.4, 0.5) is 5.82 Å². The van der Waals surface area contributed by atoms with E-state index in [2.05, 4.69) is 15.1 Å². The predicted octanol–water partition coefficient (Wildman–Crippen LogP) is 1.45. The average Bonchev–Trinajstić information content (AvgIpc) is 2.83. The topological polar surface area (TPSA) is 115 Å². The van der Waals surface area contributed by atoms with Gasteiger partial charge in [-0.3, -0.25) is 14.0 Å². The molecule has 2 rings (SSSR count). The summed E-state index contributed by atoms with van der Waals surface area (Å²) >= 11 is 0. The minimum absolute atomic E-state index is 0.0581. The number of rotatable bonds is 6. The van der Waals surface area contributed by atoms with Crippen molar-refractivity contribution in [2.75, 3.05) is 18.3 Å². The van der Waals surface area contributed by atoms with E-state index in [9.17, 15) is 14.3 Å². The number of hydrogen-bond acceptors (Lipinski definition) is 6. The van der Waals surface area contributed by atoms with Crippen LogP contribution < -0.4 is 5.09 Å². The van der Waals surface area contributed by atoms with Crippen molar-refractivity contribution in [3.63, 3.8) is 0 Å². The van der Waals surface area contributed by atoms with E-state index in [1.807, 2.05) is 0 Å². The highest BCUT2D eigenvalue weighted by Gasteiger charge is 2.21. The Kier molecular flexibility index (Phi) is 4.56. The second kappa shape index (κ2) is 6.21. The highest BCUT2D eigenvalue weighted by atomic mass is 31.2. The van der Waals surface area contributed by atoms with Gasteiger partial charge in [-0.15, -0.1) is 0 Å². The van der Waals surface area contributed by atoms with Crippen molar-refractivity contribution in [2.24, 2.45) is 0 Å². The molecule has 0 aromatic carbocycles. The van der Waals surface area contributed by atoms with Crippen LogP contribution in [0.1, 0.15) is 24.3 Å². The molecule has 0 amide bonds. The molecule has 1 atom stereocenters. The lowest BCUT2D eigenvalue weighted by molar-refractivity contribution is 0.0520. The molecule has 0 saturated carbocycles. The first-order chi connectivity index (χ1) is 9.96. The zero-order valence-corrected chi connectivity index (χ0v) is 12.4. The summed E-state index contributed by atoms with van der Waals surface area (Å²) in [6.45, 7) is 3.58. The van der Waals surface area contributed by atoms with Crippen molar-refractivity contribution >= 4 is 25.3 Å². The van der Waals surface area contributed by atoms with Crippen LogP contribution >= 0.6 is 7.75 Å². The molecular weight excluding hydrogens is 299 g/mol. The molecule has 2 heterocycles. The lowest BCUT2D eigenvalue weighted by Crippen LogP contribution is -2.05. The predicted molar refractivity (Wildman–Crippen MR) is 74.0 cm³/mol. The summed E-state index contributed by atoms with van der Waals surface area (Å²) in [5.74, 6) is -0.173. The number of nitrogens with zero attached hydrogens (tertiary/aromatic N) is 3. The van der Waals surface area contributed by atoms with E-state index in [0.29, 0.717) is 0 Å². The lowest BCUT2D eigenvalue weighted by Gasteiger charge is -2.13. The first-order valence-electron chi connectivity index (χ1n) is 6.23. The molecule has 0 fully saturated rings. The molecule has 0 saturated heterocycles. The van der Waals surface area contributed by atoms with Gasteiger partial charge in [-0.25, -0.2) is 19.3 Å². The van der Waals surface area contributed by atoms with Gasteiger partial charge in [-0.1, -0.05) is 0 Å². The molecule has 2 aromatic heterocycles. The third-order valence-electron chi connectivity index (χ3n) is 2.41. The Bertz CT molecular complexity index is 701. The fraction of sp³-hybridized carbons (Fsp3) is 0.364. The number of carbonyl (C=O) groups excluding carboxylic acids is 1. The van der Waals surface area contributed by atoms with Gasteiger partial charge in [0.25, 0.3) is 0 Å². The second-order valence-corrected chi connectivity index (χ2v) is 5.42. The summed E-state index contributed by atoms with van der Waals surface area (Å²) in [5, 5.41) is 2.37. The van der Waals surface area contributed by atoms with Crippen molar-refractivity contribution in [2.45, 2.75) is 13.8 Å². The van der Waals surface area contributed by atoms with Crippen LogP contribution in [-0.2, 0) is 13.8 Å². The Morgan fingerprint density at radius 2 is 2.24 bits per heavy atom. The Balaban J connectivity index is 2.37. The van der Waals surface area contributed by atoms with Gasteiger partial charge in [0, 0.05) is 12.4 Å².